The monoisotopic (exact) mass is 374 g/mol. The molecule has 27 heavy (non-hydrogen) atoms. The number of nitrogens with one attached hydrogen (secondary N) is 1. The van der Waals surface area contributed by atoms with Crippen LogP contribution in [0.4, 0.5) is 11.4 Å². The number of rotatable bonds is 7. The first kappa shape index (κ1) is 19.3. The fraction of sp³-hybridized carbons (Fsp3) is 0.125. The summed E-state index contributed by atoms with van der Waals surface area (Å²) in [5, 5.41) is 35.4. The molecule has 0 radical (unpaired) electrons. The summed E-state index contributed by atoms with van der Waals surface area (Å²) in [5.41, 5.74) is 1.12. The number of benzene rings is 2. The highest BCUT2D eigenvalue weighted by molar-refractivity contribution is 5.98. The van der Waals surface area contributed by atoms with Gasteiger partial charge in [-0.1, -0.05) is 12.1 Å². The minimum absolute atomic E-state index is 0.113. The predicted molar refractivity (Wildman–Crippen MR) is 94.1 cm³/mol. The third kappa shape index (κ3) is 4.54. The van der Waals surface area contributed by atoms with Gasteiger partial charge in [-0.05, 0) is 19.1 Å². The zero-order valence-electron chi connectivity index (χ0n) is 14.0. The SMILES string of the molecule is CCOc1cc(/C=N\NC(=O)c2ccccc2[N+](=O)[O-])cc([N+](=O)[O-])c1O. The molecule has 2 rings (SSSR count). The van der Waals surface area contributed by atoms with Crippen LogP contribution in [0.3, 0.4) is 0 Å². The molecule has 0 spiro atoms. The quantitative estimate of drug-likeness (QED) is 0.428. The molecule has 0 aliphatic carbocycles. The van der Waals surface area contributed by atoms with Gasteiger partial charge >= 0.3 is 5.69 Å². The second kappa shape index (κ2) is 8.38. The first-order valence-corrected chi connectivity index (χ1v) is 7.56. The second-order valence-electron chi connectivity index (χ2n) is 5.05. The van der Waals surface area contributed by atoms with Crippen LogP contribution in [0.25, 0.3) is 0 Å². The van der Waals surface area contributed by atoms with Gasteiger partial charge in [0, 0.05) is 17.7 Å². The van der Waals surface area contributed by atoms with Crippen LogP contribution in [0.15, 0.2) is 41.5 Å². The summed E-state index contributed by atoms with van der Waals surface area (Å²) in [6.45, 7) is 1.80. The molecule has 11 heteroatoms. The van der Waals surface area contributed by atoms with Gasteiger partial charge < -0.3 is 9.84 Å². The minimum atomic E-state index is -0.822. The Labute approximate surface area is 152 Å². The molecule has 2 aromatic carbocycles. The number of nitro benzene ring substituents is 2. The first-order chi connectivity index (χ1) is 12.8. The standard InChI is InChI=1S/C16H14N4O7/c1-2-27-14-8-10(7-13(15(14)21)20(25)26)9-17-18-16(22)11-5-3-4-6-12(11)19(23)24/h3-9,21H,2H2,1H3,(H,18,22)/b17-9-. The van der Waals surface area contributed by atoms with E-state index in [0.29, 0.717) is 0 Å². The number of phenols is 1. The van der Waals surface area contributed by atoms with Crippen LogP contribution in [0, 0.1) is 20.2 Å². The number of phenolic OH excluding ortho intramolecular Hbond substituents is 1. The van der Waals surface area contributed by atoms with Crippen molar-refractivity contribution in [1.82, 2.24) is 5.43 Å². The van der Waals surface area contributed by atoms with Crippen molar-refractivity contribution in [2.45, 2.75) is 6.92 Å². The molecule has 2 N–H and O–H groups in total. The van der Waals surface area contributed by atoms with Crippen molar-refractivity contribution in [3.8, 4) is 11.5 Å². The predicted octanol–water partition coefficient (Wildman–Crippen LogP) is 2.37. The molecule has 0 aliphatic heterocycles. The lowest BCUT2D eigenvalue weighted by molar-refractivity contribution is -0.386. The largest absolute Gasteiger partial charge is 0.500 e. The number of hydrazone groups is 1. The number of carbonyl (C=O) groups is 1. The van der Waals surface area contributed by atoms with E-state index in [-0.39, 0.29) is 29.2 Å². The van der Waals surface area contributed by atoms with Crippen LogP contribution in [-0.4, -0.2) is 33.7 Å². The van der Waals surface area contributed by atoms with Crippen LogP contribution >= 0.6 is 0 Å². The third-order valence-corrected chi connectivity index (χ3v) is 3.30. The summed E-state index contributed by atoms with van der Waals surface area (Å²) in [7, 11) is 0. The summed E-state index contributed by atoms with van der Waals surface area (Å²) in [4.78, 5) is 32.5. The molecule has 1 amide bonds. The van der Waals surface area contributed by atoms with E-state index >= 15 is 0 Å². The van der Waals surface area contributed by atoms with Gasteiger partial charge in [-0.25, -0.2) is 5.43 Å². The summed E-state index contributed by atoms with van der Waals surface area (Å²) in [6.07, 6.45) is 1.08. The molecule has 0 fully saturated rings. The zero-order valence-corrected chi connectivity index (χ0v) is 14.0. The first-order valence-electron chi connectivity index (χ1n) is 7.56. The maximum absolute atomic E-state index is 12.1. The van der Waals surface area contributed by atoms with Crippen LogP contribution < -0.4 is 10.2 Å². The lowest BCUT2D eigenvalue weighted by Gasteiger charge is -2.07. The van der Waals surface area contributed by atoms with E-state index in [4.69, 9.17) is 4.74 Å². The smallest absolute Gasteiger partial charge is 0.315 e. The van der Waals surface area contributed by atoms with Crippen molar-refractivity contribution in [3.05, 3.63) is 67.8 Å². The van der Waals surface area contributed by atoms with E-state index in [1.165, 1.54) is 30.3 Å². The highest BCUT2D eigenvalue weighted by Crippen LogP contribution is 2.36. The molecule has 0 unspecified atom stereocenters. The van der Waals surface area contributed by atoms with Crippen molar-refractivity contribution in [2.24, 2.45) is 5.10 Å². The van der Waals surface area contributed by atoms with E-state index < -0.39 is 27.2 Å². The van der Waals surface area contributed by atoms with Crippen molar-refractivity contribution in [3.63, 3.8) is 0 Å². The summed E-state index contributed by atoms with van der Waals surface area (Å²) in [5.74, 6) is -1.56. The number of hydrogen-bond acceptors (Lipinski definition) is 8. The molecule has 0 aromatic heterocycles. The van der Waals surface area contributed by atoms with Gasteiger partial charge in [-0.2, -0.15) is 5.10 Å². The normalized spacial score (nSPS) is 10.6. The fourth-order valence-electron chi connectivity index (χ4n) is 2.14. The van der Waals surface area contributed by atoms with Gasteiger partial charge in [0.2, 0.25) is 5.75 Å². The Hall–Kier alpha value is -4.02. The van der Waals surface area contributed by atoms with E-state index in [2.05, 4.69) is 10.5 Å². The molecule has 11 nitrogen and oxygen atoms in total. The minimum Gasteiger partial charge on any atom is -0.500 e. The van der Waals surface area contributed by atoms with Crippen LogP contribution in [-0.2, 0) is 0 Å². The number of carbonyl (C=O) groups excluding carboxylic acids is 1. The highest BCUT2D eigenvalue weighted by atomic mass is 16.6. The molecule has 0 bridgehead atoms. The van der Waals surface area contributed by atoms with Crippen molar-refractivity contribution in [2.75, 3.05) is 6.61 Å². The third-order valence-electron chi connectivity index (χ3n) is 3.30. The number of nitro groups is 2. The Bertz CT molecular complexity index is 927. The Morgan fingerprint density at radius 1 is 1.22 bits per heavy atom. The molecule has 0 atom stereocenters. The summed E-state index contributed by atoms with van der Waals surface area (Å²) in [6, 6.07) is 7.66. The second-order valence-corrected chi connectivity index (χ2v) is 5.05. The van der Waals surface area contributed by atoms with E-state index in [1.54, 1.807) is 6.92 Å². The van der Waals surface area contributed by atoms with Crippen molar-refractivity contribution in [1.29, 1.82) is 0 Å². The Balaban J connectivity index is 2.25. The average molecular weight is 374 g/mol. The van der Waals surface area contributed by atoms with E-state index in [1.807, 2.05) is 0 Å². The van der Waals surface area contributed by atoms with Crippen molar-refractivity contribution < 1.29 is 24.5 Å². The molecule has 140 valence electrons. The van der Waals surface area contributed by atoms with Crippen LogP contribution in [0.2, 0.25) is 0 Å². The van der Waals surface area contributed by atoms with Gasteiger partial charge in [0.25, 0.3) is 11.6 Å². The Morgan fingerprint density at radius 3 is 2.52 bits per heavy atom. The topological polar surface area (TPSA) is 157 Å². The number of ether oxygens (including phenoxy) is 1. The number of hydrogen-bond donors (Lipinski definition) is 2. The zero-order chi connectivity index (χ0) is 20.0. The fourth-order valence-corrected chi connectivity index (χ4v) is 2.14. The number of aromatic hydroxyl groups is 1. The van der Waals surface area contributed by atoms with Gasteiger partial charge in [-0.15, -0.1) is 0 Å². The summed E-state index contributed by atoms with van der Waals surface area (Å²) >= 11 is 0. The maximum atomic E-state index is 12.1. The van der Waals surface area contributed by atoms with Crippen LogP contribution in [0.5, 0.6) is 11.5 Å². The molecule has 2 aromatic rings. The number of nitrogens with zero attached hydrogens (tertiary/aromatic N) is 3. The maximum Gasteiger partial charge on any atom is 0.315 e. The molecular weight excluding hydrogens is 360 g/mol. The lowest BCUT2D eigenvalue weighted by atomic mass is 10.1. The van der Waals surface area contributed by atoms with Gasteiger partial charge in [0.1, 0.15) is 5.56 Å². The van der Waals surface area contributed by atoms with Gasteiger partial charge in [0.05, 0.1) is 22.7 Å². The summed E-state index contributed by atoms with van der Waals surface area (Å²) < 4.78 is 5.13. The van der Waals surface area contributed by atoms with Gasteiger partial charge in [0.15, 0.2) is 5.75 Å². The van der Waals surface area contributed by atoms with Gasteiger partial charge in [-0.3, -0.25) is 25.0 Å². The molecule has 0 aliphatic rings. The average Bonchev–Trinajstić information content (AvgIpc) is 2.63. The Morgan fingerprint density at radius 2 is 1.89 bits per heavy atom. The Kier molecular flexibility index (Phi) is 5.99. The molecule has 0 saturated carbocycles. The van der Waals surface area contributed by atoms with E-state index in [0.717, 1.165) is 12.3 Å². The molecule has 0 saturated heterocycles. The number of amides is 1. The van der Waals surface area contributed by atoms with Crippen LogP contribution in [0.1, 0.15) is 22.8 Å². The lowest BCUT2D eigenvalue weighted by Crippen LogP contribution is -2.19. The van der Waals surface area contributed by atoms with Crippen molar-refractivity contribution >= 4 is 23.5 Å². The van der Waals surface area contributed by atoms with E-state index in [9.17, 15) is 30.1 Å². The number of para-hydroxylation sites is 1. The highest BCUT2D eigenvalue weighted by Gasteiger charge is 2.20. The molecular formula is C16H14N4O7. The molecule has 0 heterocycles.